The predicted octanol–water partition coefficient (Wildman–Crippen LogP) is 4.40. The minimum absolute atomic E-state index is 0.0570. The fourth-order valence-corrected chi connectivity index (χ4v) is 7.03. The van der Waals surface area contributed by atoms with E-state index in [0.717, 1.165) is 42.0 Å². The summed E-state index contributed by atoms with van der Waals surface area (Å²) in [6.45, 7) is 9.41. The van der Waals surface area contributed by atoms with Gasteiger partial charge in [0.15, 0.2) is 5.17 Å². The number of nitrogens with zero attached hydrogens (tertiary/aromatic N) is 3. The van der Waals surface area contributed by atoms with E-state index in [0.29, 0.717) is 34.0 Å². The summed E-state index contributed by atoms with van der Waals surface area (Å²) < 4.78 is 0. The molecule has 2 aliphatic carbocycles. The van der Waals surface area contributed by atoms with Crippen molar-refractivity contribution in [3.05, 3.63) is 46.5 Å². The van der Waals surface area contributed by atoms with Crippen LogP contribution in [0, 0.1) is 23.2 Å². The van der Waals surface area contributed by atoms with Crippen LogP contribution in [-0.2, 0) is 4.79 Å². The lowest BCUT2D eigenvalue weighted by Gasteiger charge is -2.49. The van der Waals surface area contributed by atoms with Crippen LogP contribution >= 0.6 is 11.8 Å². The van der Waals surface area contributed by atoms with Crippen molar-refractivity contribution in [2.75, 3.05) is 5.75 Å². The summed E-state index contributed by atoms with van der Waals surface area (Å²) in [5.74, 6) is 2.34. The number of rotatable bonds is 4. The number of carbonyl (C=O) groups excluding carboxylic acids is 1. The Morgan fingerprint density at radius 3 is 2.91 bits per heavy atom. The van der Waals surface area contributed by atoms with E-state index in [4.69, 9.17) is 10.1 Å². The van der Waals surface area contributed by atoms with Gasteiger partial charge in [-0.15, -0.1) is 5.10 Å². The standard InChI is InChI=1S/C27H36N4OS/c1-5-6-14-33-26-29-25(32)23-19-11-7-8-12-22(19)28-24(31(23)30-26)20-16-21-18(15-17(20)2)10-9-13-27(21,3)4/h7-8,10-12,17,20-21,24H,5-6,9,13-16H2,1-4H3,(H,29,30,32)/t17-,20+,21+,24-/m0/s1. The summed E-state index contributed by atoms with van der Waals surface area (Å²) in [6, 6.07) is 8.03. The van der Waals surface area contributed by atoms with Crippen LogP contribution in [-0.4, -0.2) is 28.0 Å². The zero-order valence-corrected chi connectivity index (χ0v) is 21.1. The van der Waals surface area contributed by atoms with Crippen LogP contribution in [0.2, 0.25) is 0 Å². The second-order valence-electron chi connectivity index (χ2n) is 10.8. The van der Waals surface area contributed by atoms with Gasteiger partial charge in [-0.3, -0.25) is 15.1 Å². The summed E-state index contributed by atoms with van der Waals surface area (Å²) in [5.41, 5.74) is 2.61. The molecule has 0 unspecified atom stereocenters. The minimum atomic E-state index is -0.142. The van der Waals surface area contributed by atoms with Gasteiger partial charge in [0.05, 0.1) is 5.36 Å². The number of amides is 1. The summed E-state index contributed by atoms with van der Waals surface area (Å²) in [7, 11) is 0. The van der Waals surface area contributed by atoms with E-state index in [9.17, 15) is 4.79 Å². The van der Waals surface area contributed by atoms with Gasteiger partial charge in [0.2, 0.25) is 0 Å². The van der Waals surface area contributed by atoms with Crippen molar-refractivity contribution < 1.29 is 4.79 Å². The van der Waals surface area contributed by atoms with E-state index in [-0.39, 0.29) is 12.1 Å². The molecule has 0 bridgehead atoms. The maximum Gasteiger partial charge on any atom is 0.276 e. The number of hydrogen-bond acceptors (Lipinski definition) is 5. The SMILES string of the molecule is CCCCSC1=NN2C(=c3ccccc3=N[C@@H]2[C@@H]2C[C@@H]3C(=CCCC3(C)C)C[C@@H]2C)C(=O)N1. The van der Waals surface area contributed by atoms with Crippen molar-refractivity contribution in [3.8, 4) is 0 Å². The van der Waals surface area contributed by atoms with Gasteiger partial charge in [-0.25, -0.2) is 5.01 Å². The second kappa shape index (κ2) is 8.94. The third kappa shape index (κ3) is 4.16. The van der Waals surface area contributed by atoms with Crippen LogP contribution in [0.15, 0.2) is 46.0 Å². The molecule has 176 valence electrons. The molecule has 6 heteroatoms. The number of amidine groups is 1. The molecule has 4 atom stereocenters. The van der Waals surface area contributed by atoms with Gasteiger partial charge < -0.3 is 0 Å². The predicted molar refractivity (Wildman–Crippen MR) is 136 cm³/mol. The van der Waals surface area contributed by atoms with Crippen LogP contribution in [0.5, 0.6) is 0 Å². The molecule has 1 aromatic carbocycles. The molecule has 0 saturated heterocycles. The van der Waals surface area contributed by atoms with E-state index < -0.39 is 0 Å². The first-order chi connectivity index (χ1) is 15.9. The van der Waals surface area contributed by atoms with E-state index in [1.165, 1.54) is 12.8 Å². The summed E-state index contributed by atoms with van der Waals surface area (Å²) >= 11 is 1.64. The first kappa shape index (κ1) is 22.7. The van der Waals surface area contributed by atoms with E-state index >= 15 is 0 Å². The molecular weight excluding hydrogens is 428 g/mol. The van der Waals surface area contributed by atoms with Crippen molar-refractivity contribution in [1.82, 2.24) is 10.3 Å². The summed E-state index contributed by atoms with van der Waals surface area (Å²) in [4.78, 5) is 18.6. The highest BCUT2D eigenvalue weighted by molar-refractivity contribution is 8.13. The van der Waals surface area contributed by atoms with Gasteiger partial charge in [-0.1, -0.05) is 75.7 Å². The molecule has 33 heavy (non-hydrogen) atoms. The Balaban J connectivity index is 1.56. The molecule has 0 aromatic heterocycles. The molecule has 2 aliphatic heterocycles. The molecule has 2 heterocycles. The van der Waals surface area contributed by atoms with Crippen LogP contribution in [0.25, 0.3) is 5.70 Å². The van der Waals surface area contributed by atoms with Crippen molar-refractivity contribution >= 4 is 28.5 Å². The fraction of sp³-hybridized carbons (Fsp3) is 0.593. The molecule has 0 radical (unpaired) electrons. The zero-order valence-electron chi connectivity index (χ0n) is 20.3. The normalized spacial score (nSPS) is 30.2. The average molecular weight is 465 g/mol. The topological polar surface area (TPSA) is 57.1 Å². The van der Waals surface area contributed by atoms with E-state index in [1.54, 1.807) is 17.3 Å². The number of nitrogens with one attached hydrogen (secondary N) is 1. The van der Waals surface area contributed by atoms with Gasteiger partial charge in [0, 0.05) is 16.9 Å². The fourth-order valence-electron chi connectivity index (χ4n) is 6.10. The smallest absolute Gasteiger partial charge is 0.276 e. The van der Waals surface area contributed by atoms with Crippen molar-refractivity contribution in [1.29, 1.82) is 0 Å². The molecule has 1 aromatic rings. The van der Waals surface area contributed by atoms with Crippen LogP contribution in [0.1, 0.15) is 66.2 Å². The Morgan fingerprint density at radius 1 is 1.27 bits per heavy atom. The Bertz CT molecular complexity index is 1120. The number of para-hydroxylation sites is 1. The molecule has 1 saturated carbocycles. The maximum absolute atomic E-state index is 13.3. The number of carbonyl (C=O) groups is 1. The third-order valence-electron chi connectivity index (χ3n) is 8.05. The van der Waals surface area contributed by atoms with Gasteiger partial charge in [0.1, 0.15) is 11.9 Å². The highest BCUT2D eigenvalue weighted by Crippen LogP contribution is 2.52. The number of thioether (sulfide) groups is 1. The van der Waals surface area contributed by atoms with Crippen LogP contribution in [0.4, 0.5) is 0 Å². The number of hydrogen-bond donors (Lipinski definition) is 1. The molecule has 4 aliphatic rings. The molecule has 5 nitrogen and oxygen atoms in total. The number of benzene rings is 1. The monoisotopic (exact) mass is 464 g/mol. The largest absolute Gasteiger partial charge is 0.298 e. The molecule has 1 N–H and O–H groups in total. The lowest BCUT2D eigenvalue weighted by molar-refractivity contribution is -0.116. The van der Waals surface area contributed by atoms with Crippen LogP contribution in [0.3, 0.4) is 0 Å². The van der Waals surface area contributed by atoms with Gasteiger partial charge >= 0.3 is 0 Å². The van der Waals surface area contributed by atoms with Crippen molar-refractivity contribution in [3.63, 3.8) is 0 Å². The molecule has 0 spiro atoms. The summed E-state index contributed by atoms with van der Waals surface area (Å²) in [5, 5.41) is 12.5. The van der Waals surface area contributed by atoms with Crippen LogP contribution < -0.4 is 15.9 Å². The van der Waals surface area contributed by atoms with Gasteiger partial charge in [-0.05, 0) is 55.4 Å². The minimum Gasteiger partial charge on any atom is -0.298 e. The van der Waals surface area contributed by atoms with Crippen molar-refractivity contribution in [2.45, 2.75) is 72.4 Å². The number of allylic oxidation sites excluding steroid dienone is 2. The lowest BCUT2D eigenvalue weighted by atomic mass is 9.58. The molecule has 1 amide bonds. The Hall–Kier alpha value is -2.08. The van der Waals surface area contributed by atoms with Crippen molar-refractivity contribution in [2.24, 2.45) is 33.3 Å². The molecule has 1 fully saturated rings. The summed E-state index contributed by atoms with van der Waals surface area (Å²) in [6.07, 6.45) is 9.28. The van der Waals surface area contributed by atoms with Gasteiger partial charge in [0.25, 0.3) is 5.91 Å². The van der Waals surface area contributed by atoms with E-state index in [2.05, 4.69) is 39.1 Å². The number of fused-ring (bicyclic) bond motifs is 3. The second-order valence-corrected chi connectivity index (χ2v) is 11.8. The average Bonchev–Trinajstić information content (AvgIpc) is 2.78. The van der Waals surface area contributed by atoms with E-state index in [1.807, 2.05) is 29.3 Å². The first-order valence-corrected chi connectivity index (χ1v) is 13.6. The van der Waals surface area contributed by atoms with Gasteiger partial charge in [-0.2, -0.15) is 0 Å². The lowest BCUT2D eigenvalue weighted by Crippen LogP contribution is -2.56. The number of unbranched alkanes of at least 4 members (excludes halogenated alkanes) is 1. The molecular formula is C27H36N4OS. The Morgan fingerprint density at radius 2 is 2.09 bits per heavy atom. The third-order valence-corrected chi connectivity index (χ3v) is 9.00. The highest BCUT2D eigenvalue weighted by atomic mass is 32.2. The Kier molecular flexibility index (Phi) is 6.15. The molecule has 5 rings (SSSR count). The maximum atomic E-state index is 13.3. The highest BCUT2D eigenvalue weighted by Gasteiger charge is 2.46. The quantitative estimate of drug-likeness (QED) is 0.531. The first-order valence-electron chi connectivity index (χ1n) is 12.6. The zero-order chi connectivity index (χ0) is 23.2. The number of hydrazone groups is 1. The Labute approximate surface area is 201 Å².